The molecule has 2 aromatic heterocycles. The van der Waals surface area contributed by atoms with E-state index < -0.39 is 0 Å². The molecular weight excluding hydrogens is 346 g/mol. The predicted octanol–water partition coefficient (Wildman–Crippen LogP) is 1.31. The van der Waals surface area contributed by atoms with Gasteiger partial charge in [0.15, 0.2) is 0 Å². The van der Waals surface area contributed by atoms with Crippen LogP contribution in [0.25, 0.3) is 0 Å². The number of anilines is 1. The second-order valence-electron chi connectivity index (χ2n) is 6.37. The van der Waals surface area contributed by atoms with Crippen molar-refractivity contribution in [1.82, 2.24) is 29.4 Å². The molecule has 0 spiro atoms. The van der Waals surface area contributed by atoms with Crippen molar-refractivity contribution in [2.75, 3.05) is 11.9 Å². The van der Waals surface area contributed by atoms with Crippen molar-refractivity contribution < 1.29 is 9.59 Å². The van der Waals surface area contributed by atoms with Crippen LogP contribution < -0.4 is 5.32 Å². The van der Waals surface area contributed by atoms with E-state index in [1.54, 1.807) is 22.8 Å². The van der Waals surface area contributed by atoms with Crippen molar-refractivity contribution in [3.05, 3.63) is 59.9 Å². The molecule has 2 amide bonds. The van der Waals surface area contributed by atoms with Gasteiger partial charge in [-0.2, -0.15) is 5.10 Å². The van der Waals surface area contributed by atoms with Crippen LogP contribution in [0.3, 0.4) is 0 Å². The van der Waals surface area contributed by atoms with Crippen molar-refractivity contribution in [2.24, 2.45) is 7.05 Å². The number of hydrogen-bond donors (Lipinski definition) is 1. The Morgan fingerprint density at radius 3 is 2.70 bits per heavy atom. The van der Waals surface area contributed by atoms with Crippen LogP contribution in [0.4, 0.5) is 5.69 Å². The number of nitrogens with zero attached hydrogens (tertiary/aromatic N) is 6. The molecule has 0 saturated carbocycles. The number of carbonyl (C=O) groups excluding carboxylic acids is 2. The molecule has 4 rings (SSSR count). The fraction of sp³-hybridized carbons (Fsp3) is 0.278. The molecule has 0 atom stereocenters. The number of nitrogens with one attached hydrogen (secondary N) is 1. The van der Waals surface area contributed by atoms with Crippen molar-refractivity contribution in [3.8, 4) is 0 Å². The van der Waals surface area contributed by atoms with E-state index in [9.17, 15) is 9.59 Å². The molecule has 0 bridgehead atoms. The summed E-state index contributed by atoms with van der Waals surface area (Å²) in [6.45, 7) is 1.49. The van der Waals surface area contributed by atoms with Gasteiger partial charge in [-0.3, -0.25) is 19.0 Å². The molecule has 1 aromatic carbocycles. The first kappa shape index (κ1) is 17.0. The minimum Gasteiger partial charge on any atom is -0.330 e. The van der Waals surface area contributed by atoms with E-state index in [1.165, 1.54) is 11.0 Å². The summed E-state index contributed by atoms with van der Waals surface area (Å²) < 4.78 is 3.28. The Morgan fingerprint density at radius 1 is 1.15 bits per heavy atom. The fourth-order valence-corrected chi connectivity index (χ4v) is 3.10. The molecule has 1 aliphatic rings. The second kappa shape index (κ2) is 7.02. The third-order valence-corrected chi connectivity index (χ3v) is 4.44. The van der Waals surface area contributed by atoms with E-state index in [0.29, 0.717) is 30.0 Å². The standard InChI is InChI=1S/C18H19N7O2/c1-23-12-19-16(22-23)18(27)24-8-5-9-25-15(11-24)14(10-20-25)17(26)21-13-6-3-2-4-7-13/h2-4,6-7,10,12H,5,8-9,11H2,1H3,(H,21,26). The number of fused-ring (bicyclic) bond motifs is 1. The summed E-state index contributed by atoms with van der Waals surface area (Å²) in [7, 11) is 1.72. The van der Waals surface area contributed by atoms with Crippen LogP contribution in [0.2, 0.25) is 0 Å². The van der Waals surface area contributed by atoms with Gasteiger partial charge < -0.3 is 10.2 Å². The fourth-order valence-electron chi connectivity index (χ4n) is 3.10. The molecule has 0 radical (unpaired) electrons. The summed E-state index contributed by atoms with van der Waals surface area (Å²) in [6, 6.07) is 9.24. The number of aromatic nitrogens is 5. The molecule has 1 N–H and O–H groups in total. The SMILES string of the molecule is Cn1cnc(C(=O)N2CCCn3ncc(C(=O)Nc4ccccc4)c3C2)n1. The monoisotopic (exact) mass is 365 g/mol. The van der Waals surface area contributed by atoms with Gasteiger partial charge in [0.05, 0.1) is 24.0 Å². The maximum atomic E-state index is 12.7. The van der Waals surface area contributed by atoms with E-state index in [2.05, 4.69) is 20.5 Å². The van der Waals surface area contributed by atoms with E-state index in [4.69, 9.17) is 0 Å². The average Bonchev–Trinajstić information content (AvgIpc) is 3.22. The van der Waals surface area contributed by atoms with Crippen LogP contribution in [0.1, 0.15) is 33.1 Å². The van der Waals surface area contributed by atoms with Gasteiger partial charge in [0.1, 0.15) is 6.33 Å². The molecule has 9 heteroatoms. The van der Waals surface area contributed by atoms with Gasteiger partial charge in [-0.1, -0.05) is 18.2 Å². The van der Waals surface area contributed by atoms with E-state index in [1.807, 2.05) is 30.3 Å². The lowest BCUT2D eigenvalue weighted by Crippen LogP contribution is -2.32. The summed E-state index contributed by atoms with van der Waals surface area (Å²) in [5, 5.41) is 11.3. The number of benzene rings is 1. The van der Waals surface area contributed by atoms with Crippen LogP contribution in [-0.2, 0) is 20.1 Å². The van der Waals surface area contributed by atoms with Gasteiger partial charge in [-0.25, -0.2) is 4.98 Å². The van der Waals surface area contributed by atoms with Gasteiger partial charge in [0.2, 0.25) is 5.82 Å². The Morgan fingerprint density at radius 2 is 1.96 bits per heavy atom. The minimum atomic E-state index is -0.250. The lowest BCUT2D eigenvalue weighted by molar-refractivity contribution is 0.0731. The van der Waals surface area contributed by atoms with E-state index in [-0.39, 0.29) is 24.2 Å². The Hall–Kier alpha value is -3.49. The molecule has 0 saturated heterocycles. The van der Waals surface area contributed by atoms with Crippen molar-refractivity contribution in [1.29, 1.82) is 0 Å². The number of hydrogen-bond acceptors (Lipinski definition) is 5. The third-order valence-electron chi connectivity index (χ3n) is 4.44. The van der Waals surface area contributed by atoms with E-state index in [0.717, 1.165) is 6.42 Å². The molecule has 1 aliphatic heterocycles. The van der Waals surface area contributed by atoms with Gasteiger partial charge in [-0.15, -0.1) is 5.10 Å². The summed E-state index contributed by atoms with van der Waals surface area (Å²) >= 11 is 0. The van der Waals surface area contributed by atoms with Gasteiger partial charge in [0, 0.05) is 25.8 Å². The van der Waals surface area contributed by atoms with Gasteiger partial charge in [-0.05, 0) is 18.6 Å². The molecule has 3 aromatic rings. The Kier molecular flexibility index (Phi) is 4.41. The molecule has 138 valence electrons. The summed E-state index contributed by atoms with van der Waals surface area (Å²) in [5.74, 6) is -0.340. The molecule has 0 unspecified atom stereocenters. The molecule has 3 heterocycles. The highest BCUT2D eigenvalue weighted by Crippen LogP contribution is 2.19. The second-order valence-corrected chi connectivity index (χ2v) is 6.37. The number of aryl methyl sites for hydroxylation is 2. The zero-order valence-corrected chi connectivity index (χ0v) is 14.9. The number of carbonyl (C=O) groups is 2. The molecule has 0 fully saturated rings. The first-order valence-corrected chi connectivity index (χ1v) is 8.68. The van der Waals surface area contributed by atoms with Crippen LogP contribution >= 0.6 is 0 Å². The highest BCUT2D eigenvalue weighted by molar-refractivity contribution is 6.05. The number of rotatable bonds is 3. The Balaban J connectivity index is 1.57. The summed E-state index contributed by atoms with van der Waals surface area (Å²) in [6.07, 6.45) is 3.79. The first-order chi connectivity index (χ1) is 13.1. The van der Waals surface area contributed by atoms with Crippen LogP contribution in [0.15, 0.2) is 42.9 Å². The highest BCUT2D eigenvalue weighted by atomic mass is 16.2. The van der Waals surface area contributed by atoms with Crippen molar-refractivity contribution >= 4 is 17.5 Å². The Labute approximate surface area is 155 Å². The largest absolute Gasteiger partial charge is 0.330 e. The summed E-state index contributed by atoms with van der Waals surface area (Å²) in [4.78, 5) is 31.1. The van der Waals surface area contributed by atoms with Crippen molar-refractivity contribution in [3.63, 3.8) is 0 Å². The lowest BCUT2D eigenvalue weighted by Gasteiger charge is -2.18. The topological polar surface area (TPSA) is 97.9 Å². The highest BCUT2D eigenvalue weighted by Gasteiger charge is 2.27. The van der Waals surface area contributed by atoms with E-state index >= 15 is 0 Å². The number of amides is 2. The zero-order valence-electron chi connectivity index (χ0n) is 14.9. The predicted molar refractivity (Wildman–Crippen MR) is 97.0 cm³/mol. The zero-order chi connectivity index (χ0) is 18.8. The first-order valence-electron chi connectivity index (χ1n) is 8.68. The molecule has 9 nitrogen and oxygen atoms in total. The molecule has 27 heavy (non-hydrogen) atoms. The third kappa shape index (κ3) is 3.43. The van der Waals surface area contributed by atoms with Crippen LogP contribution in [-0.4, -0.2) is 47.8 Å². The average molecular weight is 365 g/mol. The minimum absolute atomic E-state index is 0.153. The normalized spacial score (nSPS) is 13.7. The quantitative estimate of drug-likeness (QED) is 0.755. The van der Waals surface area contributed by atoms with Crippen LogP contribution in [0.5, 0.6) is 0 Å². The number of para-hydroxylation sites is 1. The molecular formula is C18H19N7O2. The maximum Gasteiger partial charge on any atom is 0.293 e. The maximum absolute atomic E-state index is 12.7. The molecule has 0 aliphatic carbocycles. The lowest BCUT2D eigenvalue weighted by atomic mass is 10.2. The van der Waals surface area contributed by atoms with Crippen LogP contribution in [0, 0.1) is 0 Å². The Bertz CT molecular complexity index is 977. The van der Waals surface area contributed by atoms with Crippen molar-refractivity contribution in [2.45, 2.75) is 19.5 Å². The smallest absolute Gasteiger partial charge is 0.293 e. The summed E-state index contributed by atoms with van der Waals surface area (Å²) in [5.41, 5.74) is 1.89. The van der Waals surface area contributed by atoms with Gasteiger partial charge >= 0.3 is 0 Å². The van der Waals surface area contributed by atoms with Gasteiger partial charge in [0.25, 0.3) is 11.8 Å².